The lowest BCUT2D eigenvalue weighted by atomic mass is 10.0. The van der Waals surface area contributed by atoms with Crippen molar-refractivity contribution in [3.05, 3.63) is 133 Å². The summed E-state index contributed by atoms with van der Waals surface area (Å²) in [6, 6.07) is 36.4. The van der Waals surface area contributed by atoms with Crippen molar-refractivity contribution in [2.75, 3.05) is 15.5 Å². The van der Waals surface area contributed by atoms with Crippen molar-refractivity contribution < 1.29 is 0 Å². The number of nitrogens with zero attached hydrogens (tertiary/aromatic N) is 2. The monoisotopic (exact) mass is 455 g/mol. The molecule has 0 saturated heterocycles. The SMILES string of the molecule is N=C1C=CC(N2c3ccccc3N(c3ccccc3)c3ccccc32)=CC1=N.Nc1ccccc1. The van der Waals surface area contributed by atoms with Gasteiger partial charge in [-0.2, -0.15) is 0 Å². The molecule has 0 atom stereocenters. The van der Waals surface area contributed by atoms with E-state index in [9.17, 15) is 0 Å². The molecule has 5 heteroatoms. The number of hydrogen-bond acceptors (Lipinski definition) is 5. The molecule has 0 saturated carbocycles. The Morgan fingerprint density at radius 1 is 0.486 bits per heavy atom. The minimum absolute atomic E-state index is 0.220. The highest BCUT2D eigenvalue weighted by Gasteiger charge is 2.30. The minimum atomic E-state index is 0.220. The van der Waals surface area contributed by atoms with E-state index in [2.05, 4.69) is 46.2 Å². The van der Waals surface area contributed by atoms with Gasteiger partial charge in [0.1, 0.15) is 0 Å². The van der Waals surface area contributed by atoms with Crippen molar-refractivity contribution >= 4 is 45.5 Å². The van der Waals surface area contributed by atoms with Crippen LogP contribution in [0.2, 0.25) is 0 Å². The molecule has 5 nitrogen and oxygen atoms in total. The number of benzene rings is 4. The number of rotatable bonds is 2. The molecule has 0 amide bonds. The molecule has 1 aliphatic carbocycles. The van der Waals surface area contributed by atoms with Gasteiger partial charge in [-0.25, -0.2) is 0 Å². The van der Waals surface area contributed by atoms with E-state index in [1.165, 1.54) is 0 Å². The Morgan fingerprint density at radius 3 is 1.40 bits per heavy atom. The van der Waals surface area contributed by atoms with Crippen LogP contribution in [0, 0.1) is 10.8 Å². The molecule has 170 valence electrons. The van der Waals surface area contributed by atoms with Crippen LogP contribution in [-0.2, 0) is 0 Å². The minimum Gasteiger partial charge on any atom is -0.399 e. The van der Waals surface area contributed by atoms with Gasteiger partial charge in [0.15, 0.2) is 0 Å². The molecular formula is C30H25N5. The van der Waals surface area contributed by atoms with Gasteiger partial charge in [-0.05, 0) is 66.8 Å². The maximum absolute atomic E-state index is 8.10. The molecule has 2 aliphatic rings. The number of allylic oxidation sites excluding steroid dienone is 3. The number of fused-ring (bicyclic) bond motifs is 2. The fraction of sp³-hybridized carbons (Fsp3) is 0. The first-order chi connectivity index (χ1) is 17.1. The second-order valence-electron chi connectivity index (χ2n) is 8.12. The summed E-state index contributed by atoms with van der Waals surface area (Å²) in [5.41, 5.74) is 12.9. The summed E-state index contributed by atoms with van der Waals surface area (Å²) in [7, 11) is 0. The Kier molecular flexibility index (Phi) is 5.97. The van der Waals surface area contributed by atoms with E-state index in [-0.39, 0.29) is 11.4 Å². The maximum atomic E-state index is 8.10. The lowest BCUT2D eigenvalue weighted by Crippen LogP contribution is -2.28. The molecule has 0 radical (unpaired) electrons. The molecule has 35 heavy (non-hydrogen) atoms. The second kappa shape index (κ2) is 9.53. The Balaban J connectivity index is 0.000000313. The summed E-state index contributed by atoms with van der Waals surface area (Å²) < 4.78 is 0. The van der Waals surface area contributed by atoms with Crippen LogP contribution in [0.3, 0.4) is 0 Å². The highest BCUT2D eigenvalue weighted by molar-refractivity contribution is 6.49. The van der Waals surface area contributed by atoms with Gasteiger partial charge in [0.25, 0.3) is 0 Å². The quantitative estimate of drug-likeness (QED) is 0.218. The van der Waals surface area contributed by atoms with Gasteiger partial charge in [-0.3, -0.25) is 10.8 Å². The van der Waals surface area contributed by atoms with Crippen LogP contribution in [0.4, 0.5) is 34.1 Å². The zero-order chi connectivity index (χ0) is 24.2. The summed E-state index contributed by atoms with van der Waals surface area (Å²) in [4.78, 5) is 4.43. The van der Waals surface area contributed by atoms with Gasteiger partial charge in [0.05, 0.1) is 34.2 Å². The van der Waals surface area contributed by atoms with Crippen molar-refractivity contribution in [1.82, 2.24) is 0 Å². The number of nitrogen functional groups attached to an aromatic ring is 1. The molecule has 1 heterocycles. The topological polar surface area (TPSA) is 80.2 Å². The van der Waals surface area contributed by atoms with E-state index in [0.717, 1.165) is 39.8 Å². The van der Waals surface area contributed by atoms with Gasteiger partial charge in [0, 0.05) is 17.1 Å². The molecule has 4 N–H and O–H groups in total. The fourth-order valence-corrected chi connectivity index (χ4v) is 4.20. The van der Waals surface area contributed by atoms with Crippen LogP contribution in [0.25, 0.3) is 0 Å². The number of nitrogens with one attached hydrogen (secondary N) is 2. The summed E-state index contributed by atoms with van der Waals surface area (Å²) in [5, 5.41) is 15.9. The van der Waals surface area contributed by atoms with Gasteiger partial charge in [-0.15, -0.1) is 0 Å². The molecule has 0 unspecified atom stereocenters. The first-order valence-corrected chi connectivity index (χ1v) is 11.3. The summed E-state index contributed by atoms with van der Waals surface area (Å²) in [5.74, 6) is 0. The van der Waals surface area contributed by atoms with Gasteiger partial charge in [0.2, 0.25) is 0 Å². The largest absolute Gasteiger partial charge is 0.399 e. The molecule has 4 aromatic rings. The lowest BCUT2D eigenvalue weighted by Gasteiger charge is -2.41. The van der Waals surface area contributed by atoms with E-state index in [1.807, 2.05) is 78.9 Å². The van der Waals surface area contributed by atoms with Crippen molar-refractivity contribution in [3.8, 4) is 0 Å². The van der Waals surface area contributed by atoms with E-state index in [4.69, 9.17) is 16.6 Å². The van der Waals surface area contributed by atoms with Gasteiger partial charge >= 0.3 is 0 Å². The predicted molar refractivity (Wildman–Crippen MR) is 147 cm³/mol. The highest BCUT2D eigenvalue weighted by Crippen LogP contribution is 2.52. The highest BCUT2D eigenvalue weighted by atomic mass is 15.3. The molecular weight excluding hydrogens is 430 g/mol. The van der Waals surface area contributed by atoms with Gasteiger partial charge < -0.3 is 15.5 Å². The van der Waals surface area contributed by atoms with Crippen molar-refractivity contribution in [2.24, 2.45) is 0 Å². The van der Waals surface area contributed by atoms with Crippen LogP contribution < -0.4 is 15.5 Å². The molecule has 6 rings (SSSR count). The maximum Gasteiger partial charge on any atom is 0.0810 e. The smallest absolute Gasteiger partial charge is 0.0810 e. The van der Waals surface area contributed by atoms with Gasteiger partial charge in [-0.1, -0.05) is 60.7 Å². The predicted octanol–water partition coefficient (Wildman–Crippen LogP) is 7.37. The first kappa shape index (κ1) is 21.9. The summed E-state index contributed by atoms with van der Waals surface area (Å²) in [6.45, 7) is 0. The third-order valence-corrected chi connectivity index (χ3v) is 5.80. The van der Waals surface area contributed by atoms with E-state index in [1.54, 1.807) is 12.2 Å². The Hall–Kier alpha value is -4.90. The summed E-state index contributed by atoms with van der Waals surface area (Å²) in [6.07, 6.45) is 5.35. The Labute approximate surface area is 205 Å². The third kappa shape index (κ3) is 4.35. The Bertz CT molecular complexity index is 1390. The molecule has 0 aromatic heterocycles. The molecule has 0 fully saturated rings. The van der Waals surface area contributed by atoms with E-state index < -0.39 is 0 Å². The van der Waals surface area contributed by atoms with Crippen LogP contribution in [-0.4, -0.2) is 11.4 Å². The van der Waals surface area contributed by atoms with Crippen molar-refractivity contribution in [2.45, 2.75) is 0 Å². The zero-order valence-electron chi connectivity index (χ0n) is 19.1. The lowest BCUT2D eigenvalue weighted by molar-refractivity contribution is 1.13. The van der Waals surface area contributed by atoms with Crippen LogP contribution in [0.15, 0.2) is 133 Å². The average molecular weight is 456 g/mol. The normalized spacial score (nSPS) is 13.9. The molecule has 0 bridgehead atoms. The zero-order valence-corrected chi connectivity index (χ0v) is 19.1. The summed E-state index contributed by atoms with van der Waals surface area (Å²) >= 11 is 0. The fourth-order valence-electron chi connectivity index (χ4n) is 4.20. The third-order valence-electron chi connectivity index (χ3n) is 5.80. The van der Waals surface area contributed by atoms with Crippen LogP contribution >= 0.6 is 0 Å². The Morgan fingerprint density at radius 2 is 0.943 bits per heavy atom. The number of hydrogen-bond donors (Lipinski definition) is 3. The van der Waals surface area contributed by atoms with E-state index in [0.29, 0.717) is 0 Å². The second-order valence-corrected chi connectivity index (χ2v) is 8.12. The number of anilines is 6. The standard InChI is InChI=1S/C24H18N4.C6H7N/c25-19-15-14-18(16-20(19)26)28-23-12-6-4-10-21(23)27(17-8-2-1-3-9-17)22-11-5-7-13-24(22)28;7-6-4-2-1-3-5-6/h1-16,25-26H;1-5H,7H2. The molecule has 0 spiro atoms. The first-order valence-electron chi connectivity index (χ1n) is 11.3. The number of nitrogens with two attached hydrogens (primary N) is 1. The number of para-hydroxylation sites is 6. The molecule has 1 aliphatic heterocycles. The van der Waals surface area contributed by atoms with Crippen LogP contribution in [0.1, 0.15) is 0 Å². The van der Waals surface area contributed by atoms with Crippen molar-refractivity contribution in [1.29, 1.82) is 10.8 Å². The van der Waals surface area contributed by atoms with E-state index >= 15 is 0 Å². The molecule has 4 aromatic carbocycles. The average Bonchev–Trinajstić information content (AvgIpc) is 2.90. The van der Waals surface area contributed by atoms with Crippen LogP contribution in [0.5, 0.6) is 0 Å². The van der Waals surface area contributed by atoms with Crippen molar-refractivity contribution in [3.63, 3.8) is 0 Å².